The Balaban J connectivity index is 2.81. The molecule has 0 aliphatic carbocycles. The zero-order chi connectivity index (χ0) is 21.9. The summed E-state index contributed by atoms with van der Waals surface area (Å²) in [5, 5.41) is 5.87. The maximum Gasteiger partial charge on any atom is 0.401 e. The highest BCUT2D eigenvalue weighted by Gasteiger charge is 2.28. The van der Waals surface area contributed by atoms with Gasteiger partial charge < -0.3 is 20.1 Å². The molecule has 1 aromatic carbocycles. The summed E-state index contributed by atoms with van der Waals surface area (Å²) in [6.45, 7) is 0.688. The maximum atomic E-state index is 12.8. The highest BCUT2D eigenvalue weighted by atomic mass is 19.4. The van der Waals surface area contributed by atoms with E-state index in [4.69, 9.17) is 4.74 Å². The van der Waals surface area contributed by atoms with Crippen molar-refractivity contribution in [2.24, 2.45) is 4.99 Å². The molecule has 166 valence electrons. The Morgan fingerprint density at radius 3 is 2.52 bits per heavy atom. The third-order valence-electron chi connectivity index (χ3n) is 3.55. The molecule has 0 spiro atoms. The summed E-state index contributed by atoms with van der Waals surface area (Å²) in [6, 6.07) is 4.75. The molecule has 0 heterocycles. The summed E-state index contributed by atoms with van der Waals surface area (Å²) in [7, 11) is 1.37. The van der Waals surface area contributed by atoms with Gasteiger partial charge in [0.2, 0.25) is 0 Å². The van der Waals surface area contributed by atoms with E-state index in [9.17, 15) is 22.0 Å². The lowest BCUT2D eigenvalue weighted by Gasteiger charge is -2.19. The minimum Gasteiger partial charge on any atom is -0.490 e. The van der Waals surface area contributed by atoms with Gasteiger partial charge in [-0.3, -0.25) is 4.90 Å². The number of nitrogens with one attached hydrogen (secondary N) is 2. The van der Waals surface area contributed by atoms with Crippen LogP contribution in [-0.4, -0.2) is 63.5 Å². The van der Waals surface area contributed by atoms with Crippen molar-refractivity contribution in [3.05, 3.63) is 23.8 Å². The van der Waals surface area contributed by atoms with Crippen molar-refractivity contribution >= 4 is 5.96 Å². The van der Waals surface area contributed by atoms with Crippen molar-refractivity contribution in [2.45, 2.75) is 33.2 Å². The Morgan fingerprint density at radius 1 is 1.21 bits per heavy atom. The first-order chi connectivity index (χ1) is 13.7. The van der Waals surface area contributed by atoms with Crippen LogP contribution >= 0.6 is 0 Å². The summed E-state index contributed by atoms with van der Waals surface area (Å²) in [4.78, 5) is 5.43. The number of ether oxygens (including phenoxy) is 2. The number of hydrogen-bond donors (Lipinski definition) is 2. The van der Waals surface area contributed by atoms with E-state index in [0.29, 0.717) is 18.1 Å². The van der Waals surface area contributed by atoms with Gasteiger partial charge >= 0.3 is 12.8 Å². The van der Waals surface area contributed by atoms with E-state index in [0.717, 1.165) is 4.90 Å². The van der Waals surface area contributed by atoms with Crippen LogP contribution in [0.2, 0.25) is 0 Å². The van der Waals surface area contributed by atoms with Gasteiger partial charge in [-0.05, 0) is 27.0 Å². The first-order valence-corrected chi connectivity index (χ1v) is 9.13. The van der Waals surface area contributed by atoms with Gasteiger partial charge in [-0.25, -0.2) is 4.99 Å². The second-order valence-corrected chi connectivity index (χ2v) is 6.03. The molecule has 29 heavy (non-hydrogen) atoms. The Morgan fingerprint density at radius 2 is 1.93 bits per heavy atom. The minimum atomic E-state index is -4.26. The van der Waals surface area contributed by atoms with E-state index in [1.807, 2.05) is 6.92 Å². The number of guanidine groups is 1. The quantitative estimate of drug-likeness (QED) is 0.323. The molecule has 0 aromatic heterocycles. The molecule has 0 aliphatic heterocycles. The number of benzene rings is 1. The van der Waals surface area contributed by atoms with Crippen molar-refractivity contribution in [1.82, 2.24) is 15.5 Å². The van der Waals surface area contributed by atoms with E-state index < -0.39 is 19.3 Å². The number of alkyl halides is 5. The zero-order valence-electron chi connectivity index (χ0n) is 16.7. The summed E-state index contributed by atoms with van der Waals surface area (Å²) in [5.41, 5.74) is 0.391. The molecule has 0 saturated carbocycles. The van der Waals surface area contributed by atoms with Crippen LogP contribution in [0, 0.1) is 0 Å². The van der Waals surface area contributed by atoms with Crippen molar-refractivity contribution in [1.29, 1.82) is 0 Å². The standard InChI is InChI=1S/C18H27F5N4O2/c1-4-24-17(25-9-10-27(3)12-18(21,22)23)26-11-13-7-6-8-14(28-5-2)15(13)29-16(19)20/h6-8,16H,4-5,9-12H2,1-3H3,(H2,24,25,26). The molecule has 0 saturated heterocycles. The Kier molecular flexibility index (Phi) is 10.5. The fourth-order valence-corrected chi connectivity index (χ4v) is 2.43. The van der Waals surface area contributed by atoms with Gasteiger partial charge in [0.25, 0.3) is 0 Å². The van der Waals surface area contributed by atoms with Crippen LogP contribution < -0.4 is 20.1 Å². The van der Waals surface area contributed by atoms with Gasteiger partial charge in [-0.1, -0.05) is 12.1 Å². The summed E-state index contributed by atoms with van der Waals surface area (Å²) < 4.78 is 72.6. The number of likely N-dealkylation sites (N-methyl/N-ethyl adjacent to an activating group) is 1. The molecule has 11 heteroatoms. The van der Waals surface area contributed by atoms with Gasteiger partial charge in [0.05, 0.1) is 19.7 Å². The van der Waals surface area contributed by atoms with E-state index >= 15 is 0 Å². The fourth-order valence-electron chi connectivity index (χ4n) is 2.43. The molecular weight excluding hydrogens is 399 g/mol. The molecule has 0 unspecified atom stereocenters. The van der Waals surface area contributed by atoms with Crippen LogP contribution in [0.1, 0.15) is 19.4 Å². The number of nitrogens with zero attached hydrogens (tertiary/aromatic N) is 2. The average molecular weight is 426 g/mol. The molecule has 1 aromatic rings. The lowest BCUT2D eigenvalue weighted by Crippen LogP contribution is -2.42. The molecule has 0 fully saturated rings. The predicted molar refractivity (Wildman–Crippen MR) is 101 cm³/mol. The topological polar surface area (TPSA) is 58.1 Å². The Hall–Kier alpha value is -2.30. The number of hydrogen-bond acceptors (Lipinski definition) is 4. The van der Waals surface area contributed by atoms with Crippen molar-refractivity contribution in [2.75, 3.05) is 39.8 Å². The highest BCUT2D eigenvalue weighted by molar-refractivity contribution is 5.79. The van der Waals surface area contributed by atoms with Crippen LogP contribution in [-0.2, 0) is 6.54 Å². The number of halogens is 5. The minimum absolute atomic E-state index is 0.0106. The number of para-hydroxylation sites is 1. The van der Waals surface area contributed by atoms with Crippen LogP contribution in [0.25, 0.3) is 0 Å². The van der Waals surface area contributed by atoms with E-state index in [1.54, 1.807) is 19.1 Å². The normalized spacial score (nSPS) is 12.4. The molecule has 2 N–H and O–H groups in total. The first-order valence-electron chi connectivity index (χ1n) is 9.13. The summed E-state index contributed by atoms with van der Waals surface area (Å²) >= 11 is 0. The van der Waals surface area contributed by atoms with Crippen molar-refractivity contribution in [3.63, 3.8) is 0 Å². The predicted octanol–water partition coefficient (Wildman–Crippen LogP) is 3.24. The van der Waals surface area contributed by atoms with Gasteiger partial charge in [0.15, 0.2) is 17.5 Å². The Bertz CT molecular complexity index is 641. The van der Waals surface area contributed by atoms with Gasteiger partial charge in [-0.2, -0.15) is 22.0 Å². The molecule has 0 atom stereocenters. The molecule has 0 aliphatic rings. The fraction of sp³-hybridized carbons (Fsp3) is 0.611. The van der Waals surface area contributed by atoms with Crippen LogP contribution in [0.4, 0.5) is 22.0 Å². The largest absolute Gasteiger partial charge is 0.490 e. The third kappa shape index (κ3) is 10.2. The Labute approximate surface area is 167 Å². The monoisotopic (exact) mass is 426 g/mol. The average Bonchev–Trinajstić information content (AvgIpc) is 2.60. The lowest BCUT2D eigenvalue weighted by molar-refractivity contribution is -0.142. The summed E-state index contributed by atoms with van der Waals surface area (Å²) in [6.07, 6.45) is -4.26. The van der Waals surface area contributed by atoms with Crippen LogP contribution in [0.3, 0.4) is 0 Å². The lowest BCUT2D eigenvalue weighted by atomic mass is 10.2. The molecule has 0 amide bonds. The first kappa shape index (κ1) is 24.7. The van der Waals surface area contributed by atoms with E-state index in [2.05, 4.69) is 20.4 Å². The number of rotatable bonds is 11. The molecule has 1 rings (SSSR count). The van der Waals surface area contributed by atoms with Gasteiger partial charge in [0, 0.05) is 25.2 Å². The third-order valence-corrected chi connectivity index (χ3v) is 3.55. The van der Waals surface area contributed by atoms with Crippen molar-refractivity contribution < 1.29 is 31.4 Å². The van der Waals surface area contributed by atoms with Crippen molar-refractivity contribution in [3.8, 4) is 11.5 Å². The molecule has 0 bridgehead atoms. The van der Waals surface area contributed by atoms with Gasteiger partial charge in [-0.15, -0.1) is 0 Å². The summed E-state index contributed by atoms with van der Waals surface area (Å²) in [5.74, 6) is 0.443. The van der Waals surface area contributed by atoms with Crippen LogP contribution in [0.5, 0.6) is 11.5 Å². The molecular formula is C18H27F5N4O2. The second kappa shape index (κ2) is 12.3. The van der Waals surface area contributed by atoms with Gasteiger partial charge in [0.1, 0.15) is 0 Å². The van der Waals surface area contributed by atoms with Crippen LogP contribution in [0.15, 0.2) is 23.2 Å². The van der Waals surface area contributed by atoms with E-state index in [-0.39, 0.29) is 37.7 Å². The second-order valence-electron chi connectivity index (χ2n) is 6.03. The van der Waals surface area contributed by atoms with E-state index in [1.165, 1.54) is 13.1 Å². The maximum absolute atomic E-state index is 12.8. The zero-order valence-corrected chi connectivity index (χ0v) is 16.7. The molecule has 6 nitrogen and oxygen atoms in total. The number of aliphatic imine (C=N–C) groups is 1. The SMILES string of the molecule is CCNC(=NCc1cccc(OCC)c1OC(F)F)NCCN(C)CC(F)(F)F. The smallest absolute Gasteiger partial charge is 0.401 e. The molecule has 0 radical (unpaired) electrons. The highest BCUT2D eigenvalue weighted by Crippen LogP contribution is 2.33.